The van der Waals surface area contributed by atoms with E-state index in [0.29, 0.717) is 24.6 Å². The molecule has 1 fully saturated rings. The first kappa shape index (κ1) is 14.2. The number of carbonyl (C=O) groups is 1. The van der Waals surface area contributed by atoms with Crippen LogP contribution in [0.3, 0.4) is 0 Å². The fourth-order valence-corrected chi connectivity index (χ4v) is 3.17. The molecule has 21 heavy (non-hydrogen) atoms. The molecule has 1 aromatic heterocycles. The normalized spacial score (nSPS) is 18.7. The number of amides is 1. The van der Waals surface area contributed by atoms with E-state index in [1.807, 2.05) is 42.2 Å². The summed E-state index contributed by atoms with van der Waals surface area (Å²) in [6.45, 7) is 3.73. The third kappa shape index (κ3) is 2.96. The Balaban J connectivity index is 1.76. The van der Waals surface area contributed by atoms with E-state index in [1.165, 1.54) is 11.5 Å². The van der Waals surface area contributed by atoms with Gasteiger partial charge in [0.25, 0.3) is 5.91 Å². The summed E-state index contributed by atoms with van der Waals surface area (Å²) in [6.07, 6.45) is 0.666. The molecule has 2 heterocycles. The lowest BCUT2D eigenvalue weighted by atomic mass is 10.1. The summed E-state index contributed by atoms with van der Waals surface area (Å²) in [4.78, 5) is 15.1. The van der Waals surface area contributed by atoms with Gasteiger partial charge in [-0.1, -0.05) is 41.7 Å². The third-order valence-electron chi connectivity index (χ3n) is 3.61. The third-order valence-corrected chi connectivity index (χ3v) is 4.37. The van der Waals surface area contributed by atoms with Crippen LogP contribution in [-0.4, -0.2) is 40.1 Å². The number of aryl methyl sites for hydroxylation is 1. The van der Waals surface area contributed by atoms with Crippen LogP contribution < -0.4 is 0 Å². The van der Waals surface area contributed by atoms with Crippen molar-refractivity contribution in [3.05, 3.63) is 46.5 Å². The highest BCUT2D eigenvalue weighted by atomic mass is 32.1. The van der Waals surface area contributed by atoms with E-state index in [1.54, 1.807) is 0 Å². The Morgan fingerprint density at radius 3 is 3.00 bits per heavy atom. The minimum Gasteiger partial charge on any atom is -0.370 e. The standard InChI is InChI=1S/C15H17N3O2S/c1-2-12-14(21-17-16-12)15(19)18-8-9-20-13(10-18)11-6-4-3-5-7-11/h3-7,13H,2,8-10H2,1H3. The Morgan fingerprint density at radius 1 is 1.43 bits per heavy atom. The number of ether oxygens (including phenoxy) is 1. The van der Waals surface area contributed by atoms with Gasteiger partial charge >= 0.3 is 0 Å². The van der Waals surface area contributed by atoms with Gasteiger partial charge in [-0.15, -0.1) is 5.10 Å². The second-order valence-electron chi connectivity index (χ2n) is 4.92. The van der Waals surface area contributed by atoms with Crippen LogP contribution in [-0.2, 0) is 11.2 Å². The molecular formula is C15H17N3O2S. The first-order valence-corrected chi connectivity index (χ1v) is 7.84. The first-order chi connectivity index (χ1) is 10.3. The lowest BCUT2D eigenvalue weighted by Gasteiger charge is -2.33. The molecule has 1 amide bonds. The molecule has 1 aliphatic rings. The molecule has 6 heteroatoms. The second kappa shape index (κ2) is 6.32. The van der Waals surface area contributed by atoms with Gasteiger partial charge in [0.2, 0.25) is 0 Å². The zero-order valence-electron chi connectivity index (χ0n) is 11.9. The van der Waals surface area contributed by atoms with Crippen molar-refractivity contribution in [1.82, 2.24) is 14.5 Å². The van der Waals surface area contributed by atoms with Crippen molar-refractivity contribution < 1.29 is 9.53 Å². The number of morpholine rings is 1. The van der Waals surface area contributed by atoms with Crippen molar-refractivity contribution in [3.63, 3.8) is 0 Å². The molecule has 1 atom stereocenters. The molecule has 1 aliphatic heterocycles. The molecule has 0 aliphatic carbocycles. The SMILES string of the molecule is CCc1nnsc1C(=O)N1CCOC(c2ccccc2)C1. The monoisotopic (exact) mass is 303 g/mol. The zero-order valence-corrected chi connectivity index (χ0v) is 12.7. The van der Waals surface area contributed by atoms with Gasteiger partial charge in [-0.25, -0.2) is 0 Å². The summed E-state index contributed by atoms with van der Waals surface area (Å²) in [5.74, 6) is 0.0195. The number of aromatic nitrogens is 2. The summed E-state index contributed by atoms with van der Waals surface area (Å²) in [5.41, 5.74) is 1.89. The van der Waals surface area contributed by atoms with Gasteiger partial charge in [0.15, 0.2) is 0 Å². The average Bonchev–Trinajstić information content (AvgIpc) is 3.04. The van der Waals surface area contributed by atoms with E-state index in [-0.39, 0.29) is 12.0 Å². The molecular weight excluding hydrogens is 286 g/mol. The van der Waals surface area contributed by atoms with Crippen LogP contribution in [0.25, 0.3) is 0 Å². The summed E-state index contributed by atoms with van der Waals surface area (Å²) in [7, 11) is 0. The molecule has 2 aromatic rings. The van der Waals surface area contributed by atoms with Crippen molar-refractivity contribution in [2.75, 3.05) is 19.7 Å². The highest BCUT2D eigenvalue weighted by Crippen LogP contribution is 2.24. The van der Waals surface area contributed by atoms with Crippen LogP contribution in [0.1, 0.15) is 34.0 Å². The molecule has 3 rings (SSSR count). The van der Waals surface area contributed by atoms with Crippen molar-refractivity contribution in [2.24, 2.45) is 0 Å². The van der Waals surface area contributed by atoms with Crippen LogP contribution in [0.15, 0.2) is 30.3 Å². The summed E-state index contributed by atoms with van der Waals surface area (Å²) in [5, 5.41) is 4.02. The van der Waals surface area contributed by atoms with Crippen molar-refractivity contribution in [2.45, 2.75) is 19.4 Å². The van der Waals surface area contributed by atoms with Gasteiger partial charge in [-0.2, -0.15) is 0 Å². The van der Waals surface area contributed by atoms with Gasteiger partial charge in [-0.3, -0.25) is 4.79 Å². The highest BCUT2D eigenvalue weighted by Gasteiger charge is 2.28. The molecule has 0 bridgehead atoms. The molecule has 1 unspecified atom stereocenters. The van der Waals surface area contributed by atoms with Gasteiger partial charge in [0.1, 0.15) is 11.0 Å². The Hall–Kier alpha value is -1.79. The Morgan fingerprint density at radius 2 is 2.24 bits per heavy atom. The lowest BCUT2D eigenvalue weighted by Crippen LogP contribution is -2.42. The van der Waals surface area contributed by atoms with Crippen molar-refractivity contribution in [1.29, 1.82) is 0 Å². The van der Waals surface area contributed by atoms with Crippen molar-refractivity contribution in [3.8, 4) is 0 Å². The molecule has 0 N–H and O–H groups in total. The molecule has 0 spiro atoms. The fourth-order valence-electron chi connectivity index (χ4n) is 2.45. The first-order valence-electron chi connectivity index (χ1n) is 7.06. The van der Waals surface area contributed by atoms with E-state index in [4.69, 9.17) is 4.74 Å². The number of carbonyl (C=O) groups excluding carboxylic acids is 1. The maximum absolute atomic E-state index is 12.6. The lowest BCUT2D eigenvalue weighted by molar-refractivity contribution is -0.0227. The number of hydrogen-bond acceptors (Lipinski definition) is 5. The van der Waals surface area contributed by atoms with Gasteiger partial charge in [0.05, 0.1) is 18.8 Å². The Bertz CT molecular complexity index is 614. The molecule has 110 valence electrons. The maximum Gasteiger partial charge on any atom is 0.267 e. The highest BCUT2D eigenvalue weighted by molar-refractivity contribution is 7.08. The van der Waals surface area contributed by atoms with E-state index >= 15 is 0 Å². The van der Waals surface area contributed by atoms with Crippen LogP contribution in [0.2, 0.25) is 0 Å². The summed E-state index contributed by atoms with van der Waals surface area (Å²) >= 11 is 1.18. The Labute approximate surface area is 127 Å². The van der Waals surface area contributed by atoms with Crippen LogP contribution in [0.5, 0.6) is 0 Å². The van der Waals surface area contributed by atoms with Crippen LogP contribution in [0, 0.1) is 0 Å². The Kier molecular flexibility index (Phi) is 4.26. The van der Waals surface area contributed by atoms with Gasteiger partial charge in [0, 0.05) is 6.54 Å². The second-order valence-corrected chi connectivity index (χ2v) is 5.68. The van der Waals surface area contributed by atoms with E-state index in [9.17, 15) is 4.79 Å². The predicted molar refractivity (Wildman–Crippen MR) is 80.3 cm³/mol. The fraction of sp³-hybridized carbons (Fsp3) is 0.400. The van der Waals surface area contributed by atoms with Crippen LogP contribution >= 0.6 is 11.5 Å². The van der Waals surface area contributed by atoms with E-state index < -0.39 is 0 Å². The number of benzene rings is 1. The minimum atomic E-state index is -0.0603. The predicted octanol–water partition coefficient (Wildman–Crippen LogP) is 2.31. The molecule has 1 saturated heterocycles. The van der Waals surface area contributed by atoms with Gasteiger partial charge in [-0.05, 0) is 23.5 Å². The van der Waals surface area contributed by atoms with E-state index in [0.717, 1.165) is 17.7 Å². The van der Waals surface area contributed by atoms with Crippen LogP contribution in [0.4, 0.5) is 0 Å². The minimum absolute atomic E-state index is 0.0195. The summed E-state index contributed by atoms with van der Waals surface area (Å²) < 4.78 is 9.70. The average molecular weight is 303 g/mol. The summed E-state index contributed by atoms with van der Waals surface area (Å²) in [6, 6.07) is 10.0. The quantitative estimate of drug-likeness (QED) is 0.873. The zero-order chi connectivity index (χ0) is 14.7. The molecule has 5 nitrogen and oxygen atoms in total. The van der Waals surface area contributed by atoms with Gasteiger partial charge < -0.3 is 9.64 Å². The number of nitrogens with zero attached hydrogens (tertiary/aromatic N) is 3. The molecule has 0 saturated carbocycles. The smallest absolute Gasteiger partial charge is 0.267 e. The van der Waals surface area contributed by atoms with E-state index in [2.05, 4.69) is 9.59 Å². The maximum atomic E-state index is 12.6. The van der Waals surface area contributed by atoms with Crippen molar-refractivity contribution >= 4 is 17.4 Å². The number of rotatable bonds is 3. The molecule has 0 radical (unpaired) electrons. The molecule has 1 aromatic carbocycles. The largest absolute Gasteiger partial charge is 0.370 e. The topological polar surface area (TPSA) is 55.3 Å². The number of hydrogen-bond donors (Lipinski definition) is 0.